The van der Waals surface area contributed by atoms with Crippen molar-refractivity contribution in [2.24, 2.45) is 0 Å². The summed E-state index contributed by atoms with van der Waals surface area (Å²) in [5, 5.41) is 3.91. The van der Waals surface area contributed by atoms with Crippen molar-refractivity contribution >= 4 is 29.2 Å². The van der Waals surface area contributed by atoms with Gasteiger partial charge in [-0.15, -0.1) is 0 Å². The number of rotatable bonds is 6. The maximum Gasteiger partial charge on any atom is 0.134 e. The second-order valence-electron chi connectivity index (χ2n) is 4.48. The van der Waals surface area contributed by atoms with Crippen LogP contribution in [-0.4, -0.2) is 27.5 Å². The fraction of sp³-hybridized carbons (Fsp3) is 0.667. The van der Waals surface area contributed by atoms with Crippen LogP contribution >= 0.6 is 23.4 Å². The summed E-state index contributed by atoms with van der Waals surface area (Å²) in [6.07, 6.45) is 6.67. The summed E-state index contributed by atoms with van der Waals surface area (Å²) < 4.78 is 0.433. The molecule has 1 aliphatic rings. The third kappa shape index (κ3) is 3.49. The molecule has 2 rings (SSSR count). The first-order valence-electron chi connectivity index (χ1n) is 6.00. The van der Waals surface area contributed by atoms with Gasteiger partial charge in [-0.1, -0.05) is 18.5 Å². The fourth-order valence-corrected chi connectivity index (χ4v) is 2.66. The zero-order valence-electron chi connectivity index (χ0n) is 10.3. The van der Waals surface area contributed by atoms with E-state index in [9.17, 15) is 0 Å². The van der Waals surface area contributed by atoms with Gasteiger partial charge in [-0.25, -0.2) is 9.97 Å². The van der Waals surface area contributed by atoms with E-state index in [1.807, 2.05) is 11.8 Å². The number of nitrogens with zero attached hydrogens (tertiary/aromatic N) is 2. The molecule has 0 saturated heterocycles. The SMILES string of the molecule is CCCc1nc(Cl)cc(NCC2(SC)CC2)n1. The summed E-state index contributed by atoms with van der Waals surface area (Å²) in [7, 11) is 0. The lowest BCUT2D eigenvalue weighted by atomic mass is 10.3. The topological polar surface area (TPSA) is 37.8 Å². The summed E-state index contributed by atoms with van der Waals surface area (Å²) in [6, 6.07) is 1.80. The van der Waals surface area contributed by atoms with Crippen molar-refractivity contribution in [1.82, 2.24) is 9.97 Å². The monoisotopic (exact) mass is 271 g/mol. The standard InChI is InChI=1S/C12H18ClN3S/c1-3-4-10-15-9(13)7-11(16-10)14-8-12(17-2)5-6-12/h7H,3-6,8H2,1-2H3,(H,14,15,16). The molecule has 0 aliphatic heterocycles. The highest BCUT2D eigenvalue weighted by Crippen LogP contribution is 2.46. The van der Waals surface area contributed by atoms with Crippen molar-refractivity contribution in [1.29, 1.82) is 0 Å². The molecule has 0 radical (unpaired) electrons. The molecule has 17 heavy (non-hydrogen) atoms. The number of thioether (sulfide) groups is 1. The average Bonchev–Trinajstić information content (AvgIpc) is 3.07. The smallest absolute Gasteiger partial charge is 0.134 e. The molecule has 3 nitrogen and oxygen atoms in total. The van der Waals surface area contributed by atoms with E-state index in [0.29, 0.717) is 9.90 Å². The Morgan fingerprint density at radius 1 is 1.47 bits per heavy atom. The molecule has 1 aromatic rings. The lowest BCUT2D eigenvalue weighted by Crippen LogP contribution is -2.18. The molecule has 0 bridgehead atoms. The zero-order chi connectivity index (χ0) is 12.3. The zero-order valence-corrected chi connectivity index (χ0v) is 11.9. The lowest BCUT2D eigenvalue weighted by Gasteiger charge is -2.14. The molecular weight excluding hydrogens is 254 g/mol. The van der Waals surface area contributed by atoms with E-state index < -0.39 is 0 Å². The highest BCUT2D eigenvalue weighted by molar-refractivity contribution is 8.00. The molecule has 0 unspecified atom stereocenters. The molecule has 1 aliphatic carbocycles. The normalized spacial score (nSPS) is 16.9. The van der Waals surface area contributed by atoms with Gasteiger partial charge in [0.2, 0.25) is 0 Å². The number of nitrogens with one attached hydrogen (secondary N) is 1. The van der Waals surface area contributed by atoms with E-state index in [1.165, 1.54) is 12.8 Å². The third-order valence-electron chi connectivity index (χ3n) is 3.05. The molecule has 0 aromatic carbocycles. The number of halogens is 1. The van der Waals surface area contributed by atoms with Crippen molar-refractivity contribution < 1.29 is 0 Å². The Hall–Kier alpha value is -0.480. The summed E-state index contributed by atoms with van der Waals surface area (Å²) in [4.78, 5) is 8.69. The van der Waals surface area contributed by atoms with Gasteiger partial charge in [-0.05, 0) is 25.5 Å². The number of hydrogen-bond donors (Lipinski definition) is 1. The van der Waals surface area contributed by atoms with E-state index in [4.69, 9.17) is 11.6 Å². The second-order valence-corrected chi connectivity index (χ2v) is 6.14. The predicted octanol–water partition coefficient (Wildman–Crippen LogP) is 3.39. The highest BCUT2D eigenvalue weighted by Gasteiger charge is 2.41. The Labute approximate surface area is 112 Å². The largest absolute Gasteiger partial charge is 0.369 e. The van der Waals surface area contributed by atoms with Crippen LogP contribution in [0.2, 0.25) is 5.15 Å². The molecule has 5 heteroatoms. The number of aromatic nitrogens is 2. The van der Waals surface area contributed by atoms with E-state index in [2.05, 4.69) is 28.5 Å². The Kier molecular flexibility index (Phi) is 4.15. The predicted molar refractivity (Wildman–Crippen MR) is 75.0 cm³/mol. The molecular formula is C12H18ClN3S. The van der Waals surface area contributed by atoms with Crippen LogP contribution in [0.4, 0.5) is 5.82 Å². The van der Waals surface area contributed by atoms with Gasteiger partial charge in [0.15, 0.2) is 0 Å². The second kappa shape index (κ2) is 5.44. The van der Waals surface area contributed by atoms with Gasteiger partial charge < -0.3 is 5.32 Å². The molecule has 1 heterocycles. The quantitative estimate of drug-likeness (QED) is 0.805. The molecule has 0 atom stereocenters. The van der Waals surface area contributed by atoms with Crippen molar-refractivity contribution in [2.45, 2.75) is 37.4 Å². The van der Waals surface area contributed by atoms with Crippen molar-refractivity contribution in [3.05, 3.63) is 17.0 Å². The average molecular weight is 272 g/mol. The van der Waals surface area contributed by atoms with Gasteiger partial charge in [0.05, 0.1) is 0 Å². The van der Waals surface area contributed by atoms with Gasteiger partial charge in [-0.2, -0.15) is 11.8 Å². The van der Waals surface area contributed by atoms with Crippen molar-refractivity contribution in [3.63, 3.8) is 0 Å². The lowest BCUT2D eigenvalue weighted by molar-refractivity contribution is 0.831. The van der Waals surface area contributed by atoms with Gasteiger partial charge in [-0.3, -0.25) is 0 Å². The Morgan fingerprint density at radius 2 is 2.24 bits per heavy atom. The number of hydrogen-bond acceptors (Lipinski definition) is 4. The van der Waals surface area contributed by atoms with Crippen molar-refractivity contribution in [3.8, 4) is 0 Å². The van der Waals surface area contributed by atoms with E-state index in [1.54, 1.807) is 6.07 Å². The number of aryl methyl sites for hydroxylation is 1. The summed E-state index contributed by atoms with van der Waals surface area (Å²) >= 11 is 7.93. The van der Waals surface area contributed by atoms with Crippen LogP contribution in [0.15, 0.2) is 6.07 Å². The van der Waals surface area contributed by atoms with E-state index in [0.717, 1.165) is 31.0 Å². The van der Waals surface area contributed by atoms with E-state index >= 15 is 0 Å². The minimum atomic E-state index is 0.433. The Bertz CT molecular complexity index is 393. The van der Waals surface area contributed by atoms with Gasteiger partial charge in [0, 0.05) is 23.8 Å². The first-order valence-corrected chi connectivity index (χ1v) is 7.60. The molecule has 1 aromatic heterocycles. The molecule has 0 spiro atoms. The van der Waals surface area contributed by atoms with Crippen LogP contribution in [0.5, 0.6) is 0 Å². The van der Waals surface area contributed by atoms with Crippen LogP contribution in [-0.2, 0) is 6.42 Å². The Morgan fingerprint density at radius 3 is 2.82 bits per heavy atom. The van der Waals surface area contributed by atoms with Crippen LogP contribution in [0.3, 0.4) is 0 Å². The highest BCUT2D eigenvalue weighted by atomic mass is 35.5. The molecule has 94 valence electrons. The van der Waals surface area contributed by atoms with Crippen molar-refractivity contribution in [2.75, 3.05) is 18.1 Å². The van der Waals surface area contributed by atoms with Crippen LogP contribution in [0.25, 0.3) is 0 Å². The minimum absolute atomic E-state index is 0.433. The van der Waals surface area contributed by atoms with Gasteiger partial charge in [0.25, 0.3) is 0 Å². The third-order valence-corrected chi connectivity index (χ3v) is 4.66. The maximum atomic E-state index is 5.99. The van der Waals surface area contributed by atoms with Crippen LogP contribution in [0, 0.1) is 0 Å². The maximum absolute atomic E-state index is 5.99. The van der Waals surface area contributed by atoms with Gasteiger partial charge in [0.1, 0.15) is 16.8 Å². The molecule has 0 amide bonds. The first-order chi connectivity index (χ1) is 8.17. The summed E-state index contributed by atoms with van der Waals surface area (Å²) in [6.45, 7) is 3.08. The molecule has 1 saturated carbocycles. The molecule has 1 N–H and O–H groups in total. The summed E-state index contributed by atoms with van der Waals surface area (Å²) in [5.41, 5.74) is 0. The summed E-state index contributed by atoms with van der Waals surface area (Å²) in [5.74, 6) is 1.69. The van der Waals surface area contributed by atoms with Crippen LogP contribution < -0.4 is 5.32 Å². The van der Waals surface area contributed by atoms with Crippen LogP contribution in [0.1, 0.15) is 32.0 Å². The first kappa shape index (κ1) is 13.0. The Balaban J connectivity index is 2.00. The van der Waals surface area contributed by atoms with E-state index in [-0.39, 0.29) is 0 Å². The minimum Gasteiger partial charge on any atom is -0.369 e. The fourth-order valence-electron chi connectivity index (χ4n) is 1.73. The molecule has 1 fully saturated rings. The number of anilines is 1. The van der Waals surface area contributed by atoms with Gasteiger partial charge >= 0.3 is 0 Å².